The Morgan fingerprint density at radius 3 is 2.42 bits per heavy atom. The van der Waals surface area contributed by atoms with Crippen molar-refractivity contribution in [3.05, 3.63) is 76.3 Å². The zero-order valence-electron chi connectivity index (χ0n) is 13.9. The summed E-state index contributed by atoms with van der Waals surface area (Å²) in [5.74, 6) is 0.0112. The lowest BCUT2D eigenvalue weighted by Gasteiger charge is -2.54. The average molecular weight is 385 g/mol. The summed E-state index contributed by atoms with van der Waals surface area (Å²) < 4.78 is 1.02. The van der Waals surface area contributed by atoms with Gasteiger partial charge in [-0.15, -0.1) is 0 Å². The Morgan fingerprint density at radius 1 is 1.21 bits per heavy atom. The Kier molecular flexibility index (Phi) is 4.39. The van der Waals surface area contributed by atoms with E-state index in [9.17, 15) is 9.90 Å². The number of aromatic hydroxyl groups is 1. The topological polar surface area (TPSA) is 37.3 Å². The summed E-state index contributed by atoms with van der Waals surface area (Å²) in [6, 6.07) is 14.9. The number of benzene rings is 2. The van der Waals surface area contributed by atoms with Crippen LogP contribution in [-0.2, 0) is 0 Å². The summed E-state index contributed by atoms with van der Waals surface area (Å²) in [6.45, 7) is 8.37. The van der Waals surface area contributed by atoms with Crippen LogP contribution in [0.2, 0.25) is 0 Å². The van der Waals surface area contributed by atoms with Gasteiger partial charge in [-0.1, -0.05) is 59.3 Å². The summed E-state index contributed by atoms with van der Waals surface area (Å²) in [7, 11) is 0. The van der Waals surface area contributed by atoms with Crippen molar-refractivity contribution in [2.45, 2.75) is 26.2 Å². The number of rotatable bonds is 4. The van der Waals surface area contributed by atoms with E-state index >= 15 is 0 Å². The molecule has 1 saturated carbocycles. The third-order valence-corrected chi connectivity index (χ3v) is 5.97. The highest BCUT2D eigenvalue weighted by atomic mass is 79.9. The van der Waals surface area contributed by atoms with Crippen LogP contribution in [0, 0.1) is 11.3 Å². The van der Waals surface area contributed by atoms with Gasteiger partial charge >= 0.3 is 0 Å². The number of carbonyl (C=O) groups is 1. The van der Waals surface area contributed by atoms with Crippen molar-refractivity contribution < 1.29 is 9.90 Å². The van der Waals surface area contributed by atoms with E-state index in [0.717, 1.165) is 22.0 Å². The maximum Gasteiger partial charge on any atom is 0.170 e. The van der Waals surface area contributed by atoms with Gasteiger partial charge in [0.25, 0.3) is 0 Å². The lowest BCUT2D eigenvalue weighted by molar-refractivity contribution is 0.0477. The van der Waals surface area contributed by atoms with Gasteiger partial charge in [-0.2, -0.15) is 0 Å². The third kappa shape index (κ3) is 2.71. The first-order valence-corrected chi connectivity index (χ1v) is 8.87. The van der Waals surface area contributed by atoms with Gasteiger partial charge in [0.1, 0.15) is 5.75 Å². The molecule has 3 atom stereocenters. The molecule has 2 aromatic carbocycles. The number of para-hydroxylation sites is 1. The highest BCUT2D eigenvalue weighted by molar-refractivity contribution is 9.10. The first kappa shape index (κ1) is 17.0. The quantitative estimate of drug-likeness (QED) is 0.540. The van der Waals surface area contributed by atoms with Gasteiger partial charge in [0.2, 0.25) is 0 Å². The molecule has 0 spiro atoms. The van der Waals surface area contributed by atoms with Crippen LogP contribution in [0.25, 0.3) is 0 Å². The van der Waals surface area contributed by atoms with Gasteiger partial charge < -0.3 is 5.11 Å². The molecular formula is C21H21BrO2. The van der Waals surface area contributed by atoms with Crippen molar-refractivity contribution in [2.75, 3.05) is 0 Å². The van der Waals surface area contributed by atoms with Crippen LogP contribution in [0.4, 0.5) is 0 Å². The average Bonchev–Trinajstić information content (AvgIpc) is 2.54. The maximum absolute atomic E-state index is 13.0. The first-order chi connectivity index (χ1) is 11.3. The number of Topliss-reactive ketones (excluding diaryl/α,β-unsaturated/α-hetero) is 1. The van der Waals surface area contributed by atoms with Gasteiger partial charge in [-0.25, -0.2) is 0 Å². The molecule has 0 radical (unpaired) electrons. The minimum absolute atomic E-state index is 0.0137. The second-order valence-corrected chi connectivity index (χ2v) is 7.83. The number of ketones is 1. The zero-order chi connectivity index (χ0) is 17.5. The lowest BCUT2D eigenvalue weighted by Crippen LogP contribution is -2.48. The van der Waals surface area contributed by atoms with E-state index in [4.69, 9.17) is 0 Å². The molecule has 0 amide bonds. The molecule has 1 aliphatic carbocycles. The highest BCUT2D eigenvalue weighted by Crippen LogP contribution is 2.61. The number of halogens is 1. The molecule has 0 aromatic heterocycles. The van der Waals surface area contributed by atoms with Crippen LogP contribution < -0.4 is 0 Å². The SMILES string of the molecule is C=C(C)[C@@]1(C)CC(C(=O)c2ccccc2O)[C@@H]1c1ccc(Br)cc1. The molecule has 3 rings (SSSR count). The second kappa shape index (κ2) is 6.21. The van der Waals surface area contributed by atoms with E-state index in [1.54, 1.807) is 24.3 Å². The predicted molar refractivity (Wildman–Crippen MR) is 100 cm³/mol. The van der Waals surface area contributed by atoms with Gasteiger partial charge in [0.15, 0.2) is 5.78 Å². The maximum atomic E-state index is 13.0. The van der Waals surface area contributed by atoms with Crippen LogP contribution in [0.1, 0.15) is 42.1 Å². The summed E-state index contributed by atoms with van der Waals surface area (Å²) >= 11 is 3.46. The number of phenols is 1. The number of allylic oxidation sites excluding steroid dienone is 1. The fourth-order valence-electron chi connectivity index (χ4n) is 3.82. The zero-order valence-corrected chi connectivity index (χ0v) is 15.5. The minimum Gasteiger partial charge on any atom is -0.507 e. The Hall–Kier alpha value is -1.87. The molecule has 0 bridgehead atoms. The summed E-state index contributed by atoms with van der Waals surface area (Å²) in [4.78, 5) is 13.0. The second-order valence-electron chi connectivity index (χ2n) is 6.92. The van der Waals surface area contributed by atoms with Crippen molar-refractivity contribution in [2.24, 2.45) is 11.3 Å². The number of phenolic OH excluding ortho intramolecular Hbond substituents is 1. The standard InChI is InChI=1S/C21H21BrO2/c1-13(2)21(3)12-17(19(21)14-8-10-15(22)11-9-14)20(24)16-6-4-5-7-18(16)23/h4-11,17,19,23H,1,12H2,2-3H3/t17?,19-,21+/m0/s1. The lowest BCUT2D eigenvalue weighted by atomic mass is 9.49. The fraction of sp³-hybridized carbons (Fsp3) is 0.286. The summed E-state index contributed by atoms with van der Waals surface area (Å²) in [6.07, 6.45) is 0.760. The molecule has 1 unspecified atom stereocenters. The Morgan fingerprint density at radius 2 is 1.83 bits per heavy atom. The molecule has 2 nitrogen and oxygen atoms in total. The third-order valence-electron chi connectivity index (χ3n) is 5.44. The fourth-order valence-corrected chi connectivity index (χ4v) is 4.09. The molecule has 0 saturated heterocycles. The molecule has 3 heteroatoms. The normalized spacial score (nSPS) is 25.8. The van der Waals surface area contributed by atoms with Crippen LogP contribution in [0.3, 0.4) is 0 Å². The first-order valence-electron chi connectivity index (χ1n) is 8.08. The van der Waals surface area contributed by atoms with E-state index in [0.29, 0.717) is 5.56 Å². The number of hydrogen-bond acceptors (Lipinski definition) is 2. The van der Waals surface area contributed by atoms with Crippen molar-refractivity contribution >= 4 is 21.7 Å². The monoisotopic (exact) mass is 384 g/mol. The van der Waals surface area contributed by atoms with Crippen LogP contribution >= 0.6 is 15.9 Å². The van der Waals surface area contributed by atoms with E-state index < -0.39 is 0 Å². The molecule has 1 aliphatic rings. The largest absolute Gasteiger partial charge is 0.507 e. The van der Waals surface area contributed by atoms with E-state index in [-0.39, 0.29) is 28.8 Å². The van der Waals surface area contributed by atoms with Crippen molar-refractivity contribution in [1.29, 1.82) is 0 Å². The number of carbonyl (C=O) groups excluding carboxylic acids is 1. The van der Waals surface area contributed by atoms with Crippen molar-refractivity contribution in [1.82, 2.24) is 0 Å². The molecule has 0 aliphatic heterocycles. The minimum atomic E-state index is -0.138. The van der Waals surface area contributed by atoms with E-state index in [1.165, 1.54) is 0 Å². The van der Waals surface area contributed by atoms with E-state index in [1.807, 2.05) is 19.1 Å². The Labute approximate surface area is 151 Å². The smallest absolute Gasteiger partial charge is 0.170 e. The van der Waals surface area contributed by atoms with Crippen molar-refractivity contribution in [3.8, 4) is 5.75 Å². The van der Waals surface area contributed by atoms with Gasteiger partial charge in [0, 0.05) is 16.3 Å². The summed E-state index contributed by atoms with van der Waals surface area (Å²) in [5.41, 5.74) is 2.55. The molecule has 1 fully saturated rings. The van der Waals surface area contributed by atoms with Crippen molar-refractivity contribution in [3.63, 3.8) is 0 Å². The highest BCUT2D eigenvalue weighted by Gasteiger charge is 2.54. The molecular weight excluding hydrogens is 364 g/mol. The van der Waals surface area contributed by atoms with E-state index in [2.05, 4.69) is 41.6 Å². The van der Waals surface area contributed by atoms with Gasteiger partial charge in [0.05, 0.1) is 5.56 Å². The molecule has 1 N–H and O–H groups in total. The van der Waals surface area contributed by atoms with Crippen LogP contribution in [0.15, 0.2) is 65.2 Å². The molecule has 24 heavy (non-hydrogen) atoms. The Bertz CT molecular complexity index is 794. The molecule has 0 heterocycles. The van der Waals surface area contributed by atoms with Gasteiger partial charge in [-0.3, -0.25) is 4.79 Å². The van der Waals surface area contributed by atoms with Gasteiger partial charge in [-0.05, 0) is 48.6 Å². The molecule has 2 aromatic rings. The van der Waals surface area contributed by atoms with Crippen LogP contribution in [-0.4, -0.2) is 10.9 Å². The number of hydrogen-bond donors (Lipinski definition) is 1. The predicted octanol–water partition coefficient (Wildman–Crippen LogP) is 5.72. The summed E-state index contributed by atoms with van der Waals surface area (Å²) in [5, 5.41) is 10.0. The molecule has 124 valence electrons. The Balaban J connectivity index is 1.99. The van der Waals surface area contributed by atoms with Crippen LogP contribution in [0.5, 0.6) is 5.75 Å².